The molecule has 0 atom stereocenters. The number of benzene rings is 1. The van der Waals surface area contributed by atoms with Crippen LogP contribution in [0.2, 0.25) is 0 Å². The van der Waals surface area contributed by atoms with Gasteiger partial charge >= 0.3 is 0 Å². The van der Waals surface area contributed by atoms with E-state index in [0.29, 0.717) is 11.4 Å². The zero-order chi connectivity index (χ0) is 12.5. The zero-order valence-corrected chi connectivity index (χ0v) is 10.6. The van der Waals surface area contributed by atoms with Crippen LogP contribution in [0.1, 0.15) is 19.2 Å². The topological polar surface area (TPSA) is 29.9 Å². The van der Waals surface area contributed by atoms with Crippen molar-refractivity contribution in [3.8, 4) is 0 Å². The van der Waals surface area contributed by atoms with E-state index in [0.717, 1.165) is 43.8 Å². The normalized spacial score (nSPS) is 16.1. The number of nitrogens with one attached hydrogen (secondary N) is 1. The van der Waals surface area contributed by atoms with Crippen LogP contribution in [-0.2, 0) is 13.0 Å². The van der Waals surface area contributed by atoms with Crippen molar-refractivity contribution in [2.75, 3.05) is 13.1 Å². The summed E-state index contributed by atoms with van der Waals surface area (Å²) in [5.74, 6) is 1.47. The van der Waals surface area contributed by atoms with Crippen molar-refractivity contribution in [1.29, 1.82) is 0 Å². The second-order valence-corrected chi connectivity index (χ2v) is 5.02. The van der Waals surface area contributed by atoms with Gasteiger partial charge in [-0.05, 0) is 37.6 Å². The molecule has 0 aliphatic carbocycles. The van der Waals surface area contributed by atoms with Gasteiger partial charge in [0.1, 0.15) is 11.3 Å². The maximum absolute atomic E-state index is 13.8. The predicted octanol–water partition coefficient (Wildman–Crippen LogP) is 2.35. The highest BCUT2D eigenvalue weighted by Crippen LogP contribution is 2.22. The van der Waals surface area contributed by atoms with Crippen molar-refractivity contribution in [1.82, 2.24) is 14.9 Å². The van der Waals surface area contributed by atoms with Gasteiger partial charge in [-0.25, -0.2) is 9.37 Å². The van der Waals surface area contributed by atoms with E-state index in [1.165, 1.54) is 6.07 Å². The van der Waals surface area contributed by atoms with Gasteiger partial charge in [0, 0.05) is 13.0 Å². The van der Waals surface area contributed by atoms with E-state index in [1.54, 1.807) is 6.07 Å². The van der Waals surface area contributed by atoms with Crippen LogP contribution in [0.5, 0.6) is 0 Å². The fraction of sp³-hybridized carbons (Fsp3) is 0.500. The van der Waals surface area contributed by atoms with Gasteiger partial charge in [0.15, 0.2) is 5.82 Å². The molecule has 0 saturated carbocycles. The number of rotatable bonds is 4. The molecule has 0 radical (unpaired) electrons. The van der Waals surface area contributed by atoms with Crippen LogP contribution in [0.25, 0.3) is 11.0 Å². The lowest BCUT2D eigenvalue weighted by atomic mass is 9.99. The number of halogens is 1. The first-order valence-corrected chi connectivity index (χ1v) is 6.64. The average molecular weight is 247 g/mol. The average Bonchev–Trinajstić information content (AvgIpc) is 2.65. The van der Waals surface area contributed by atoms with Crippen LogP contribution in [-0.4, -0.2) is 22.6 Å². The maximum Gasteiger partial charge on any atom is 0.151 e. The third kappa shape index (κ3) is 1.90. The van der Waals surface area contributed by atoms with Gasteiger partial charge in [-0.1, -0.05) is 13.0 Å². The predicted molar refractivity (Wildman–Crippen MR) is 70.0 cm³/mol. The molecule has 1 saturated heterocycles. The summed E-state index contributed by atoms with van der Waals surface area (Å²) in [6.45, 7) is 5.16. The second kappa shape index (κ2) is 4.69. The Morgan fingerprint density at radius 2 is 2.28 bits per heavy atom. The number of imidazole rings is 1. The number of nitrogens with zero attached hydrogens (tertiary/aromatic N) is 2. The molecule has 1 aliphatic heterocycles. The highest BCUT2D eigenvalue weighted by atomic mass is 19.1. The van der Waals surface area contributed by atoms with Gasteiger partial charge in [-0.15, -0.1) is 0 Å². The van der Waals surface area contributed by atoms with Crippen molar-refractivity contribution in [2.24, 2.45) is 5.92 Å². The molecule has 1 aromatic heterocycles. The van der Waals surface area contributed by atoms with Crippen molar-refractivity contribution >= 4 is 11.0 Å². The van der Waals surface area contributed by atoms with Crippen LogP contribution in [0.4, 0.5) is 4.39 Å². The van der Waals surface area contributed by atoms with Crippen molar-refractivity contribution in [3.05, 3.63) is 29.8 Å². The summed E-state index contributed by atoms with van der Waals surface area (Å²) in [5, 5.41) is 3.27. The Morgan fingerprint density at radius 1 is 1.44 bits per heavy atom. The number of hydrogen-bond donors (Lipinski definition) is 1. The minimum atomic E-state index is -0.213. The Morgan fingerprint density at radius 3 is 2.94 bits per heavy atom. The van der Waals surface area contributed by atoms with Crippen molar-refractivity contribution in [2.45, 2.75) is 26.3 Å². The first-order valence-electron chi connectivity index (χ1n) is 6.64. The SMILES string of the molecule is CCCn1c(CC2CNC2)nc2c(F)cccc21. The summed E-state index contributed by atoms with van der Waals surface area (Å²) in [4.78, 5) is 4.51. The molecule has 0 unspecified atom stereocenters. The van der Waals surface area contributed by atoms with E-state index in [4.69, 9.17) is 0 Å². The third-order valence-electron chi connectivity index (χ3n) is 3.59. The van der Waals surface area contributed by atoms with Gasteiger partial charge in [0.25, 0.3) is 0 Å². The molecule has 1 aliphatic rings. The standard InChI is InChI=1S/C14H18FN3/c1-2-6-18-12-5-3-4-11(15)14(12)17-13(18)7-10-8-16-9-10/h3-5,10,16H,2,6-9H2,1H3. The van der Waals surface area contributed by atoms with Gasteiger partial charge in [-0.3, -0.25) is 0 Å². The number of aromatic nitrogens is 2. The maximum atomic E-state index is 13.8. The summed E-state index contributed by atoms with van der Waals surface area (Å²) >= 11 is 0. The van der Waals surface area contributed by atoms with E-state index in [1.807, 2.05) is 6.07 Å². The largest absolute Gasteiger partial charge is 0.328 e. The molecule has 2 heterocycles. The van der Waals surface area contributed by atoms with Crippen LogP contribution in [0.3, 0.4) is 0 Å². The summed E-state index contributed by atoms with van der Waals surface area (Å²) in [6.07, 6.45) is 1.99. The smallest absolute Gasteiger partial charge is 0.151 e. The van der Waals surface area contributed by atoms with Crippen molar-refractivity contribution < 1.29 is 4.39 Å². The molecule has 1 aromatic carbocycles. The molecule has 3 nitrogen and oxygen atoms in total. The molecule has 3 rings (SSSR count). The van der Waals surface area contributed by atoms with Gasteiger partial charge in [-0.2, -0.15) is 0 Å². The molecule has 4 heteroatoms. The lowest BCUT2D eigenvalue weighted by Gasteiger charge is -2.26. The fourth-order valence-electron chi connectivity index (χ4n) is 2.54. The monoisotopic (exact) mass is 247 g/mol. The quantitative estimate of drug-likeness (QED) is 0.898. The molecule has 0 spiro atoms. The third-order valence-corrected chi connectivity index (χ3v) is 3.59. The van der Waals surface area contributed by atoms with E-state index in [9.17, 15) is 4.39 Å². The molecule has 1 N–H and O–H groups in total. The molecule has 18 heavy (non-hydrogen) atoms. The summed E-state index contributed by atoms with van der Waals surface area (Å²) in [7, 11) is 0. The molecule has 0 bridgehead atoms. The summed E-state index contributed by atoms with van der Waals surface area (Å²) < 4.78 is 15.9. The van der Waals surface area contributed by atoms with E-state index < -0.39 is 0 Å². The van der Waals surface area contributed by atoms with Gasteiger partial charge in [0.05, 0.1) is 5.52 Å². The number of aryl methyl sites for hydroxylation is 1. The minimum Gasteiger partial charge on any atom is -0.328 e. The van der Waals surface area contributed by atoms with Crippen LogP contribution >= 0.6 is 0 Å². The summed E-state index contributed by atoms with van der Waals surface area (Å²) in [5.41, 5.74) is 1.45. The minimum absolute atomic E-state index is 0.213. The highest BCUT2D eigenvalue weighted by molar-refractivity contribution is 5.76. The van der Waals surface area contributed by atoms with E-state index in [2.05, 4.69) is 21.8 Å². The van der Waals surface area contributed by atoms with E-state index >= 15 is 0 Å². The van der Waals surface area contributed by atoms with Crippen LogP contribution < -0.4 is 5.32 Å². The lowest BCUT2D eigenvalue weighted by molar-refractivity contribution is 0.337. The Labute approximate surface area is 106 Å². The Balaban J connectivity index is 2.04. The Hall–Kier alpha value is -1.42. The molecule has 0 amide bonds. The second-order valence-electron chi connectivity index (χ2n) is 5.02. The molecule has 96 valence electrons. The van der Waals surface area contributed by atoms with Gasteiger partial charge in [0.2, 0.25) is 0 Å². The molecular formula is C14H18FN3. The van der Waals surface area contributed by atoms with Crippen LogP contribution in [0.15, 0.2) is 18.2 Å². The lowest BCUT2D eigenvalue weighted by Crippen LogP contribution is -2.43. The van der Waals surface area contributed by atoms with Crippen LogP contribution in [0, 0.1) is 11.7 Å². The summed E-state index contributed by atoms with van der Waals surface area (Å²) in [6, 6.07) is 5.21. The first-order chi connectivity index (χ1) is 8.79. The highest BCUT2D eigenvalue weighted by Gasteiger charge is 2.21. The molecular weight excluding hydrogens is 229 g/mol. The molecule has 1 fully saturated rings. The first kappa shape index (κ1) is 11.7. The number of hydrogen-bond acceptors (Lipinski definition) is 2. The fourth-order valence-corrected chi connectivity index (χ4v) is 2.54. The zero-order valence-electron chi connectivity index (χ0n) is 10.6. The molecule has 2 aromatic rings. The van der Waals surface area contributed by atoms with Crippen molar-refractivity contribution in [3.63, 3.8) is 0 Å². The number of para-hydroxylation sites is 1. The Kier molecular flexibility index (Phi) is 3.04. The van der Waals surface area contributed by atoms with E-state index in [-0.39, 0.29) is 5.82 Å². The van der Waals surface area contributed by atoms with Gasteiger partial charge < -0.3 is 9.88 Å². The number of fused-ring (bicyclic) bond motifs is 1. The Bertz CT molecular complexity index is 557.